The molecule has 19 heavy (non-hydrogen) atoms. The van der Waals surface area contributed by atoms with Gasteiger partial charge >= 0.3 is 0 Å². The van der Waals surface area contributed by atoms with Crippen molar-refractivity contribution in [1.29, 1.82) is 0 Å². The summed E-state index contributed by atoms with van der Waals surface area (Å²) < 4.78 is 0. The van der Waals surface area contributed by atoms with Crippen molar-refractivity contribution in [2.24, 2.45) is 0 Å². The van der Waals surface area contributed by atoms with Crippen molar-refractivity contribution in [1.82, 2.24) is 0 Å². The molecule has 1 aromatic rings. The van der Waals surface area contributed by atoms with Crippen LogP contribution in [0, 0.1) is 0 Å². The molecule has 0 aliphatic rings. The third-order valence-corrected chi connectivity index (χ3v) is 2.37. The number of aryl methyl sites for hydroxylation is 1. The molecule has 0 radical (unpaired) electrons. The molecule has 0 heterocycles. The van der Waals surface area contributed by atoms with Gasteiger partial charge in [0.05, 0.1) is 0 Å². The number of phenolic OH excluding ortho intramolecular Hbond substituents is 1. The van der Waals surface area contributed by atoms with Crippen molar-refractivity contribution in [2.45, 2.75) is 61.3 Å². The van der Waals surface area contributed by atoms with Crippen LogP contribution in [0.2, 0.25) is 0 Å². The summed E-state index contributed by atoms with van der Waals surface area (Å²) in [4.78, 5) is 11.0. The summed E-state index contributed by atoms with van der Waals surface area (Å²) in [5.41, 5.74) is 2.91. The number of nitrogens with one attached hydrogen (secondary N) is 1. The minimum absolute atomic E-state index is 0.114. The predicted octanol–water partition coefficient (Wildman–Crippen LogP) is 4.53. The maximum absolute atomic E-state index is 11.0. The summed E-state index contributed by atoms with van der Waals surface area (Å²) in [5, 5.41) is 12.2. The van der Waals surface area contributed by atoms with Crippen LogP contribution in [0.4, 0.5) is 5.69 Å². The second-order valence-corrected chi connectivity index (χ2v) is 3.52. The lowest BCUT2D eigenvalue weighted by Crippen LogP contribution is -2.09. The topological polar surface area (TPSA) is 49.3 Å². The summed E-state index contributed by atoms with van der Waals surface area (Å²) in [6.07, 6.45) is 1.70. The highest BCUT2D eigenvalue weighted by Crippen LogP contribution is 2.27. The number of carbonyl (C=O) groups excluding carboxylic acids is 1. The molecule has 110 valence electrons. The molecule has 0 aliphatic heterocycles. The average Bonchev–Trinajstić information content (AvgIpc) is 2.42. The van der Waals surface area contributed by atoms with E-state index in [1.807, 2.05) is 41.5 Å². The Balaban J connectivity index is 0. The lowest BCUT2D eigenvalue weighted by molar-refractivity contribution is -0.114. The number of benzene rings is 1. The number of hydrogen-bond acceptors (Lipinski definition) is 2. The van der Waals surface area contributed by atoms with E-state index in [1.54, 1.807) is 12.1 Å². The summed E-state index contributed by atoms with van der Waals surface area (Å²) in [5.74, 6) is 0.0881. The summed E-state index contributed by atoms with van der Waals surface area (Å²) in [7, 11) is 0. The van der Waals surface area contributed by atoms with Crippen LogP contribution in [0.15, 0.2) is 12.1 Å². The monoisotopic (exact) mass is 267 g/mol. The zero-order chi connectivity index (χ0) is 15.4. The molecule has 0 aromatic heterocycles. The minimum Gasteiger partial charge on any atom is -0.508 e. The first-order valence-corrected chi connectivity index (χ1v) is 7.20. The number of phenols is 1. The largest absolute Gasteiger partial charge is 0.508 e. The molecular weight excluding hydrogens is 238 g/mol. The Morgan fingerprint density at radius 3 is 2.00 bits per heavy atom. The zero-order valence-corrected chi connectivity index (χ0v) is 13.4. The van der Waals surface area contributed by atoms with Crippen LogP contribution in [0.5, 0.6) is 5.75 Å². The Kier molecular flexibility index (Phi) is 12.1. The lowest BCUT2D eigenvalue weighted by atomic mass is 10.0. The number of aromatic hydroxyl groups is 1. The first-order chi connectivity index (χ1) is 9.08. The highest BCUT2D eigenvalue weighted by Gasteiger charge is 2.08. The van der Waals surface area contributed by atoms with Crippen LogP contribution in [-0.2, 0) is 17.6 Å². The van der Waals surface area contributed by atoms with Crippen molar-refractivity contribution in [2.75, 3.05) is 5.32 Å². The molecule has 3 nitrogen and oxygen atoms in total. The van der Waals surface area contributed by atoms with Gasteiger partial charge in [-0.1, -0.05) is 41.5 Å². The van der Waals surface area contributed by atoms with E-state index in [-0.39, 0.29) is 11.7 Å². The average molecular weight is 267 g/mol. The molecule has 0 unspecified atom stereocenters. The second kappa shape index (κ2) is 11.6. The van der Waals surface area contributed by atoms with Crippen LogP contribution in [0.3, 0.4) is 0 Å². The first kappa shape index (κ1) is 19.8. The van der Waals surface area contributed by atoms with Gasteiger partial charge in [0.25, 0.3) is 0 Å². The molecule has 0 bridgehead atoms. The Labute approximate surface area is 118 Å². The molecule has 0 aliphatic carbocycles. The van der Waals surface area contributed by atoms with E-state index in [0.717, 1.165) is 29.7 Å². The Morgan fingerprint density at radius 1 is 1.11 bits per heavy atom. The van der Waals surface area contributed by atoms with Crippen LogP contribution in [0.1, 0.15) is 59.6 Å². The highest BCUT2D eigenvalue weighted by atomic mass is 16.3. The van der Waals surface area contributed by atoms with Gasteiger partial charge in [0, 0.05) is 18.7 Å². The molecule has 0 fully saturated rings. The summed E-state index contributed by atoms with van der Waals surface area (Å²) in [6.45, 7) is 13.5. The second-order valence-electron chi connectivity index (χ2n) is 3.52. The molecule has 0 saturated carbocycles. The Morgan fingerprint density at radius 2 is 1.63 bits per heavy atom. The molecule has 1 amide bonds. The molecule has 1 aromatic carbocycles. The van der Waals surface area contributed by atoms with Gasteiger partial charge in [-0.05, 0) is 30.0 Å². The zero-order valence-electron chi connectivity index (χ0n) is 13.4. The number of hydrogen-bond donors (Lipinski definition) is 2. The molecular formula is C16H29NO2. The van der Waals surface area contributed by atoms with Crippen LogP contribution in [-0.4, -0.2) is 11.0 Å². The van der Waals surface area contributed by atoms with E-state index < -0.39 is 0 Å². The predicted molar refractivity (Wildman–Crippen MR) is 83.9 cm³/mol. The third kappa shape index (κ3) is 6.85. The van der Waals surface area contributed by atoms with Crippen molar-refractivity contribution in [3.05, 3.63) is 23.3 Å². The SMILES string of the molecule is CC.CC.CCc1cc(O)cc(NC(C)=O)c1CC. The number of rotatable bonds is 3. The fourth-order valence-corrected chi connectivity index (χ4v) is 1.75. The number of carbonyl (C=O) groups is 1. The Bertz CT molecular complexity index is 373. The van der Waals surface area contributed by atoms with E-state index in [0.29, 0.717) is 0 Å². The van der Waals surface area contributed by atoms with Crippen molar-refractivity contribution in [3.8, 4) is 5.75 Å². The van der Waals surface area contributed by atoms with Gasteiger partial charge in [-0.3, -0.25) is 4.79 Å². The fourth-order valence-electron chi connectivity index (χ4n) is 1.75. The Hall–Kier alpha value is -1.51. The smallest absolute Gasteiger partial charge is 0.221 e. The number of anilines is 1. The standard InChI is InChI=1S/C12H17NO2.2C2H6/c1-4-9-6-10(15)7-12(11(9)5-2)13-8(3)14;2*1-2/h6-7,15H,4-5H2,1-3H3,(H,13,14);2*1-2H3. The van der Waals surface area contributed by atoms with Crippen molar-refractivity contribution < 1.29 is 9.90 Å². The van der Waals surface area contributed by atoms with Crippen LogP contribution >= 0.6 is 0 Å². The van der Waals surface area contributed by atoms with Crippen LogP contribution in [0.25, 0.3) is 0 Å². The molecule has 0 spiro atoms. The van der Waals surface area contributed by atoms with Crippen LogP contribution < -0.4 is 5.32 Å². The molecule has 0 saturated heterocycles. The molecule has 0 atom stereocenters. The normalized spacial score (nSPS) is 8.58. The van der Waals surface area contributed by atoms with Gasteiger partial charge in [-0.2, -0.15) is 0 Å². The quantitative estimate of drug-likeness (QED) is 0.845. The van der Waals surface area contributed by atoms with Crippen molar-refractivity contribution in [3.63, 3.8) is 0 Å². The van der Waals surface area contributed by atoms with Gasteiger partial charge < -0.3 is 10.4 Å². The van der Waals surface area contributed by atoms with E-state index in [2.05, 4.69) is 5.32 Å². The van der Waals surface area contributed by atoms with E-state index in [4.69, 9.17) is 0 Å². The molecule has 2 N–H and O–H groups in total. The van der Waals surface area contributed by atoms with E-state index >= 15 is 0 Å². The van der Waals surface area contributed by atoms with Gasteiger partial charge in [-0.25, -0.2) is 0 Å². The van der Waals surface area contributed by atoms with Gasteiger partial charge in [0.15, 0.2) is 0 Å². The molecule has 3 heteroatoms. The summed E-state index contributed by atoms with van der Waals surface area (Å²) in [6, 6.07) is 3.35. The minimum atomic E-state index is -0.114. The number of amides is 1. The first-order valence-electron chi connectivity index (χ1n) is 7.20. The van der Waals surface area contributed by atoms with Gasteiger partial charge in [0.2, 0.25) is 5.91 Å². The van der Waals surface area contributed by atoms with Crippen molar-refractivity contribution >= 4 is 11.6 Å². The molecule has 1 rings (SSSR count). The summed E-state index contributed by atoms with van der Waals surface area (Å²) >= 11 is 0. The maximum Gasteiger partial charge on any atom is 0.221 e. The lowest BCUT2D eigenvalue weighted by Gasteiger charge is -2.13. The van der Waals surface area contributed by atoms with Gasteiger partial charge in [-0.15, -0.1) is 0 Å². The van der Waals surface area contributed by atoms with Gasteiger partial charge in [0.1, 0.15) is 5.75 Å². The fraction of sp³-hybridized carbons (Fsp3) is 0.562. The van der Waals surface area contributed by atoms with E-state index in [9.17, 15) is 9.90 Å². The van der Waals surface area contributed by atoms with E-state index in [1.165, 1.54) is 6.92 Å². The highest BCUT2D eigenvalue weighted by molar-refractivity contribution is 5.90. The maximum atomic E-state index is 11.0. The third-order valence-electron chi connectivity index (χ3n) is 2.37.